The van der Waals surface area contributed by atoms with Gasteiger partial charge >= 0.3 is 5.97 Å². The van der Waals surface area contributed by atoms with Crippen LogP contribution in [0.2, 0.25) is 0 Å². The molecule has 30 heavy (non-hydrogen) atoms. The number of hydrogen-bond acceptors (Lipinski definition) is 7. The highest BCUT2D eigenvalue weighted by molar-refractivity contribution is 7.80. The molecule has 170 valence electrons. The molecule has 0 aliphatic carbocycles. The van der Waals surface area contributed by atoms with E-state index in [-0.39, 0.29) is 30.4 Å². The van der Waals surface area contributed by atoms with Crippen LogP contribution in [0.25, 0.3) is 0 Å². The van der Waals surface area contributed by atoms with E-state index in [1.807, 2.05) is 0 Å². The van der Waals surface area contributed by atoms with Crippen LogP contribution in [-0.2, 0) is 24.0 Å². The number of nitrogens with zero attached hydrogens (tertiary/aromatic N) is 1. The number of likely N-dealkylation sites (tertiary alicyclic amines) is 1. The maximum Gasteiger partial charge on any atom is 0.326 e. The van der Waals surface area contributed by atoms with E-state index in [1.54, 1.807) is 13.8 Å². The first kappa shape index (κ1) is 25.7. The van der Waals surface area contributed by atoms with Gasteiger partial charge in [-0.25, -0.2) is 4.79 Å². The Kier molecular flexibility index (Phi) is 10.1. The number of nitrogens with one attached hydrogen (secondary N) is 2. The van der Waals surface area contributed by atoms with Crippen molar-refractivity contribution in [1.29, 1.82) is 0 Å². The number of aliphatic carboxylic acids is 1. The van der Waals surface area contributed by atoms with Gasteiger partial charge in [0.05, 0.1) is 6.04 Å². The summed E-state index contributed by atoms with van der Waals surface area (Å²) >= 11 is 4.01. The van der Waals surface area contributed by atoms with E-state index in [1.165, 1.54) is 4.90 Å². The molecule has 0 saturated carbocycles. The number of carboxylic acid groups (broad SMARTS) is 1. The van der Waals surface area contributed by atoms with Crippen molar-refractivity contribution in [3.05, 3.63) is 0 Å². The number of nitrogens with two attached hydrogens (primary N) is 2. The van der Waals surface area contributed by atoms with Crippen LogP contribution >= 0.6 is 12.6 Å². The first-order chi connectivity index (χ1) is 14.0. The Labute approximate surface area is 180 Å². The van der Waals surface area contributed by atoms with E-state index in [0.29, 0.717) is 19.4 Å². The van der Waals surface area contributed by atoms with Crippen LogP contribution in [0.5, 0.6) is 0 Å². The summed E-state index contributed by atoms with van der Waals surface area (Å²) < 4.78 is 0. The van der Waals surface area contributed by atoms with Crippen molar-refractivity contribution in [3.8, 4) is 0 Å². The number of amides is 4. The number of carbonyl (C=O) groups excluding carboxylic acids is 4. The number of rotatable bonds is 11. The van der Waals surface area contributed by atoms with Crippen molar-refractivity contribution in [2.24, 2.45) is 17.4 Å². The summed E-state index contributed by atoms with van der Waals surface area (Å²) in [6.07, 6.45) is 0.678. The molecular weight excluding hydrogens is 414 g/mol. The topological polar surface area (TPSA) is 185 Å². The molecule has 12 heteroatoms. The molecule has 7 N–H and O–H groups in total. The summed E-state index contributed by atoms with van der Waals surface area (Å²) in [6, 6.07) is -3.93. The van der Waals surface area contributed by atoms with Crippen LogP contribution in [0.1, 0.15) is 39.5 Å². The van der Waals surface area contributed by atoms with Crippen LogP contribution in [0.15, 0.2) is 0 Å². The Morgan fingerprint density at radius 2 is 1.83 bits per heavy atom. The molecule has 4 atom stereocenters. The Balaban J connectivity index is 2.85. The lowest BCUT2D eigenvalue weighted by Crippen LogP contribution is -2.58. The third kappa shape index (κ3) is 7.17. The van der Waals surface area contributed by atoms with Crippen molar-refractivity contribution in [1.82, 2.24) is 15.5 Å². The molecule has 0 radical (unpaired) electrons. The molecule has 1 aliphatic heterocycles. The molecule has 0 aromatic carbocycles. The molecule has 11 nitrogen and oxygen atoms in total. The number of carbonyl (C=O) groups is 5. The number of hydrogen-bond donors (Lipinski definition) is 6. The lowest BCUT2D eigenvalue weighted by Gasteiger charge is -2.29. The average molecular weight is 446 g/mol. The van der Waals surface area contributed by atoms with Crippen LogP contribution in [0.4, 0.5) is 0 Å². The summed E-state index contributed by atoms with van der Waals surface area (Å²) in [5.74, 6) is -3.80. The summed E-state index contributed by atoms with van der Waals surface area (Å²) in [7, 11) is 0. The zero-order valence-electron chi connectivity index (χ0n) is 17.2. The second-order valence-corrected chi connectivity index (χ2v) is 7.98. The van der Waals surface area contributed by atoms with Gasteiger partial charge in [0.1, 0.15) is 18.1 Å². The first-order valence-electron chi connectivity index (χ1n) is 9.78. The van der Waals surface area contributed by atoms with Gasteiger partial charge in [0, 0.05) is 18.7 Å². The van der Waals surface area contributed by atoms with Crippen molar-refractivity contribution in [3.63, 3.8) is 0 Å². The third-order valence-corrected chi connectivity index (χ3v) is 5.29. The van der Waals surface area contributed by atoms with Gasteiger partial charge in [0.25, 0.3) is 0 Å². The molecule has 0 bridgehead atoms. The lowest BCUT2D eigenvalue weighted by atomic mass is 10.0. The highest BCUT2D eigenvalue weighted by Gasteiger charge is 2.38. The van der Waals surface area contributed by atoms with E-state index < -0.39 is 47.9 Å². The summed E-state index contributed by atoms with van der Waals surface area (Å²) in [5.41, 5.74) is 10.8. The monoisotopic (exact) mass is 445 g/mol. The molecule has 1 aliphatic rings. The quantitative estimate of drug-likeness (QED) is 0.203. The molecule has 0 aromatic rings. The largest absolute Gasteiger partial charge is 0.480 e. The normalized spacial score (nSPS) is 19.1. The van der Waals surface area contributed by atoms with Gasteiger partial charge in [-0.1, -0.05) is 13.8 Å². The van der Waals surface area contributed by atoms with Crippen LogP contribution in [0, 0.1) is 5.92 Å². The van der Waals surface area contributed by atoms with Crippen molar-refractivity contribution < 1.29 is 29.1 Å². The Morgan fingerprint density at radius 3 is 2.33 bits per heavy atom. The lowest BCUT2D eigenvalue weighted by molar-refractivity contribution is -0.143. The maximum atomic E-state index is 12.8. The zero-order chi connectivity index (χ0) is 23.0. The fourth-order valence-corrected chi connectivity index (χ4v) is 3.34. The summed E-state index contributed by atoms with van der Waals surface area (Å²) in [5, 5.41) is 14.2. The summed E-state index contributed by atoms with van der Waals surface area (Å²) in [6.45, 7) is 3.77. The molecule has 0 spiro atoms. The SMILES string of the molecule is CC(C)C(NC(=O)C1CCCN1C(=O)C(N)CS)C(=O)NC(CCC(N)=O)C(=O)O. The van der Waals surface area contributed by atoms with E-state index in [2.05, 4.69) is 23.3 Å². The van der Waals surface area contributed by atoms with E-state index >= 15 is 0 Å². The van der Waals surface area contributed by atoms with Crippen molar-refractivity contribution in [2.75, 3.05) is 12.3 Å². The van der Waals surface area contributed by atoms with Gasteiger partial charge in [-0.3, -0.25) is 19.2 Å². The Hall–Kier alpha value is -2.34. The van der Waals surface area contributed by atoms with Crippen LogP contribution in [-0.4, -0.2) is 76.1 Å². The van der Waals surface area contributed by atoms with Gasteiger partial charge in [0.2, 0.25) is 23.6 Å². The van der Waals surface area contributed by atoms with Gasteiger partial charge in [-0.2, -0.15) is 12.6 Å². The molecule has 1 saturated heterocycles. The minimum Gasteiger partial charge on any atom is -0.480 e. The van der Waals surface area contributed by atoms with Crippen LogP contribution in [0.3, 0.4) is 0 Å². The number of carboxylic acids is 1. The van der Waals surface area contributed by atoms with Crippen molar-refractivity contribution >= 4 is 42.2 Å². The highest BCUT2D eigenvalue weighted by Crippen LogP contribution is 2.19. The number of primary amides is 1. The molecule has 4 unspecified atom stereocenters. The Bertz CT molecular complexity index is 673. The molecule has 1 heterocycles. The fourth-order valence-electron chi connectivity index (χ4n) is 3.18. The predicted octanol–water partition coefficient (Wildman–Crippen LogP) is -1.79. The number of thiol groups is 1. The van der Waals surface area contributed by atoms with Crippen LogP contribution < -0.4 is 22.1 Å². The second kappa shape index (κ2) is 11.7. The van der Waals surface area contributed by atoms with Gasteiger partial charge < -0.3 is 32.1 Å². The average Bonchev–Trinajstić information content (AvgIpc) is 3.16. The van der Waals surface area contributed by atoms with Gasteiger partial charge in [0.15, 0.2) is 0 Å². The van der Waals surface area contributed by atoms with Gasteiger partial charge in [-0.05, 0) is 25.2 Å². The molecule has 1 rings (SSSR count). The molecule has 4 amide bonds. The first-order valence-corrected chi connectivity index (χ1v) is 10.4. The minimum atomic E-state index is -1.32. The van der Waals surface area contributed by atoms with E-state index in [4.69, 9.17) is 11.5 Å². The second-order valence-electron chi connectivity index (χ2n) is 7.61. The predicted molar refractivity (Wildman–Crippen MR) is 111 cm³/mol. The molecular formula is C18H31N5O6S. The smallest absolute Gasteiger partial charge is 0.326 e. The van der Waals surface area contributed by atoms with E-state index in [9.17, 15) is 29.1 Å². The fraction of sp³-hybridized carbons (Fsp3) is 0.722. The third-order valence-electron chi connectivity index (χ3n) is 4.89. The highest BCUT2D eigenvalue weighted by atomic mass is 32.1. The van der Waals surface area contributed by atoms with Gasteiger partial charge in [-0.15, -0.1) is 0 Å². The minimum absolute atomic E-state index is 0.141. The Morgan fingerprint density at radius 1 is 1.20 bits per heavy atom. The summed E-state index contributed by atoms with van der Waals surface area (Å²) in [4.78, 5) is 61.5. The maximum absolute atomic E-state index is 12.8. The van der Waals surface area contributed by atoms with E-state index in [0.717, 1.165) is 0 Å². The molecule has 0 aromatic heterocycles. The van der Waals surface area contributed by atoms with Crippen molar-refractivity contribution in [2.45, 2.75) is 63.7 Å². The standard InChI is InChI=1S/C18H31N5O6S/c1-9(2)14(16(26)21-11(18(28)29)5-6-13(20)24)22-15(25)12-4-3-7-23(12)17(27)10(19)8-30/h9-12,14,30H,3-8,19H2,1-2H3,(H2,20,24)(H,21,26)(H,22,25)(H,28,29). The zero-order valence-corrected chi connectivity index (χ0v) is 18.1. The molecule has 1 fully saturated rings.